The molecule has 0 aliphatic heterocycles. The van der Waals surface area contributed by atoms with Crippen molar-refractivity contribution < 1.29 is 9.90 Å². The fraction of sp³-hybridized carbons (Fsp3) is 0.500. The second-order valence-corrected chi connectivity index (χ2v) is 4.86. The summed E-state index contributed by atoms with van der Waals surface area (Å²) in [6.45, 7) is 5.86. The summed E-state index contributed by atoms with van der Waals surface area (Å²) in [6.07, 6.45) is 1.51. The van der Waals surface area contributed by atoms with E-state index in [1.54, 1.807) is 12.1 Å². The second kappa shape index (κ2) is 6.10. The quantitative estimate of drug-likeness (QED) is 0.807. The fourth-order valence-corrected chi connectivity index (χ4v) is 2.23. The van der Waals surface area contributed by atoms with E-state index in [4.69, 9.17) is 11.6 Å². The van der Waals surface area contributed by atoms with Gasteiger partial charge in [0.2, 0.25) is 0 Å². The first kappa shape index (κ1) is 14.8. The fourth-order valence-electron chi connectivity index (χ4n) is 1.79. The number of carbonyl (C=O) groups is 1. The smallest absolute Gasteiger partial charge is 0.255 e. The standard InChI is InChI=1S/C14H20ClNO2/c1-4-14(5-2,9-15)16-13(18)11-8-10(3)6-7-12(11)17/h6-8,17H,4-5,9H2,1-3H3,(H,16,18). The van der Waals surface area contributed by atoms with E-state index in [0.29, 0.717) is 11.4 Å². The molecule has 0 aliphatic rings. The molecule has 0 atom stereocenters. The predicted molar refractivity (Wildman–Crippen MR) is 74.3 cm³/mol. The molecule has 0 saturated heterocycles. The lowest BCUT2D eigenvalue weighted by Crippen LogP contribution is -2.49. The van der Waals surface area contributed by atoms with Crippen LogP contribution in [0.3, 0.4) is 0 Å². The Kier molecular flexibility index (Phi) is 5.03. The highest BCUT2D eigenvalue weighted by Crippen LogP contribution is 2.22. The molecule has 0 unspecified atom stereocenters. The lowest BCUT2D eigenvalue weighted by atomic mass is 9.94. The number of amides is 1. The highest BCUT2D eigenvalue weighted by atomic mass is 35.5. The van der Waals surface area contributed by atoms with Crippen LogP contribution in [0.5, 0.6) is 5.75 Å². The van der Waals surface area contributed by atoms with Crippen LogP contribution in [-0.4, -0.2) is 22.4 Å². The summed E-state index contributed by atoms with van der Waals surface area (Å²) in [5.41, 5.74) is 0.822. The van der Waals surface area contributed by atoms with Crippen molar-refractivity contribution in [2.75, 3.05) is 5.88 Å². The molecular weight excluding hydrogens is 250 g/mol. The summed E-state index contributed by atoms with van der Waals surface area (Å²) in [5, 5.41) is 12.7. The maximum atomic E-state index is 12.2. The summed E-state index contributed by atoms with van der Waals surface area (Å²) >= 11 is 5.95. The van der Waals surface area contributed by atoms with E-state index in [1.165, 1.54) is 6.07 Å². The third kappa shape index (κ3) is 3.16. The Bertz CT molecular complexity index is 420. The van der Waals surface area contributed by atoms with Crippen LogP contribution >= 0.6 is 11.6 Å². The van der Waals surface area contributed by atoms with Crippen LogP contribution in [0.2, 0.25) is 0 Å². The highest BCUT2D eigenvalue weighted by Gasteiger charge is 2.28. The van der Waals surface area contributed by atoms with Gasteiger partial charge in [0.05, 0.1) is 11.1 Å². The highest BCUT2D eigenvalue weighted by molar-refractivity contribution is 6.19. The van der Waals surface area contributed by atoms with Gasteiger partial charge in [-0.15, -0.1) is 11.6 Å². The molecule has 3 nitrogen and oxygen atoms in total. The molecule has 0 radical (unpaired) electrons. The average Bonchev–Trinajstić information content (AvgIpc) is 2.38. The molecule has 1 rings (SSSR count). The van der Waals surface area contributed by atoms with Gasteiger partial charge in [-0.05, 0) is 31.9 Å². The first-order valence-corrected chi connectivity index (χ1v) is 6.69. The maximum Gasteiger partial charge on any atom is 0.255 e. The summed E-state index contributed by atoms with van der Waals surface area (Å²) in [4.78, 5) is 12.2. The Morgan fingerprint density at radius 1 is 1.39 bits per heavy atom. The first-order chi connectivity index (χ1) is 8.48. The number of hydrogen-bond donors (Lipinski definition) is 2. The van der Waals surface area contributed by atoms with Gasteiger partial charge in [0.25, 0.3) is 5.91 Å². The number of nitrogens with one attached hydrogen (secondary N) is 1. The van der Waals surface area contributed by atoms with Crippen molar-refractivity contribution in [3.8, 4) is 5.75 Å². The molecule has 4 heteroatoms. The molecule has 0 spiro atoms. The van der Waals surface area contributed by atoms with Crippen LogP contribution in [0.15, 0.2) is 18.2 Å². The van der Waals surface area contributed by atoms with Crippen LogP contribution in [0.4, 0.5) is 0 Å². The number of phenolic OH excluding ortho intramolecular Hbond substituents is 1. The number of hydrogen-bond acceptors (Lipinski definition) is 2. The van der Waals surface area contributed by atoms with Crippen molar-refractivity contribution in [3.05, 3.63) is 29.3 Å². The van der Waals surface area contributed by atoms with Crippen LogP contribution in [-0.2, 0) is 0 Å². The topological polar surface area (TPSA) is 49.3 Å². The van der Waals surface area contributed by atoms with E-state index in [2.05, 4.69) is 5.32 Å². The molecule has 100 valence electrons. The molecule has 1 amide bonds. The molecule has 18 heavy (non-hydrogen) atoms. The Morgan fingerprint density at radius 2 is 2.00 bits per heavy atom. The van der Waals surface area contributed by atoms with Gasteiger partial charge in [-0.25, -0.2) is 0 Å². The van der Waals surface area contributed by atoms with Crippen LogP contribution < -0.4 is 5.32 Å². The minimum atomic E-state index is -0.408. The SMILES string of the molecule is CCC(CC)(CCl)NC(=O)c1cc(C)ccc1O. The molecule has 0 aliphatic carbocycles. The molecular formula is C14H20ClNO2. The van der Waals surface area contributed by atoms with Gasteiger partial charge in [0.1, 0.15) is 5.75 Å². The molecule has 0 aromatic heterocycles. The van der Waals surface area contributed by atoms with Gasteiger partial charge in [0.15, 0.2) is 0 Å². The minimum absolute atomic E-state index is 0.00576. The van der Waals surface area contributed by atoms with Crippen molar-refractivity contribution in [2.45, 2.75) is 39.2 Å². The van der Waals surface area contributed by atoms with Gasteiger partial charge < -0.3 is 10.4 Å². The van der Waals surface area contributed by atoms with Crippen LogP contribution in [0, 0.1) is 6.92 Å². The van der Waals surface area contributed by atoms with E-state index < -0.39 is 5.54 Å². The third-order valence-corrected chi connectivity index (χ3v) is 3.90. The van der Waals surface area contributed by atoms with Gasteiger partial charge in [-0.1, -0.05) is 25.5 Å². The summed E-state index contributed by atoms with van der Waals surface area (Å²) in [6, 6.07) is 4.97. The zero-order chi connectivity index (χ0) is 13.8. The van der Waals surface area contributed by atoms with Gasteiger partial charge >= 0.3 is 0 Å². The minimum Gasteiger partial charge on any atom is -0.507 e. The number of aryl methyl sites for hydroxylation is 1. The third-order valence-electron chi connectivity index (χ3n) is 3.38. The number of halogens is 1. The van der Waals surface area contributed by atoms with E-state index >= 15 is 0 Å². The Hall–Kier alpha value is -1.22. The lowest BCUT2D eigenvalue weighted by molar-refractivity contribution is 0.0899. The maximum absolute atomic E-state index is 12.2. The van der Waals surface area contributed by atoms with Gasteiger partial charge in [0, 0.05) is 5.88 Å². The summed E-state index contributed by atoms with van der Waals surface area (Å²) in [7, 11) is 0. The summed E-state index contributed by atoms with van der Waals surface area (Å²) in [5.74, 6) is 0.0764. The van der Waals surface area contributed by atoms with Crippen molar-refractivity contribution in [3.63, 3.8) is 0 Å². The van der Waals surface area contributed by atoms with Crippen molar-refractivity contribution in [1.82, 2.24) is 5.32 Å². The molecule has 0 saturated carbocycles. The predicted octanol–water partition coefficient (Wildman–Crippen LogP) is 3.23. The molecule has 0 bridgehead atoms. The zero-order valence-corrected chi connectivity index (χ0v) is 11.8. The number of alkyl halides is 1. The largest absolute Gasteiger partial charge is 0.507 e. The van der Waals surface area contributed by atoms with E-state index in [1.807, 2.05) is 20.8 Å². The normalized spacial score (nSPS) is 11.3. The number of benzene rings is 1. The molecule has 1 aromatic carbocycles. The summed E-state index contributed by atoms with van der Waals surface area (Å²) < 4.78 is 0. The second-order valence-electron chi connectivity index (χ2n) is 4.60. The first-order valence-electron chi connectivity index (χ1n) is 6.16. The zero-order valence-electron chi connectivity index (χ0n) is 11.1. The molecule has 2 N–H and O–H groups in total. The molecule has 0 heterocycles. The molecule has 0 fully saturated rings. The van der Waals surface area contributed by atoms with Gasteiger partial charge in [-0.3, -0.25) is 4.79 Å². The van der Waals surface area contributed by atoms with Crippen LogP contribution in [0.25, 0.3) is 0 Å². The number of phenols is 1. The van der Waals surface area contributed by atoms with E-state index in [9.17, 15) is 9.90 Å². The number of aromatic hydroxyl groups is 1. The van der Waals surface area contributed by atoms with Gasteiger partial charge in [-0.2, -0.15) is 0 Å². The van der Waals surface area contributed by atoms with E-state index in [0.717, 1.165) is 18.4 Å². The van der Waals surface area contributed by atoms with Crippen LogP contribution in [0.1, 0.15) is 42.6 Å². The number of rotatable bonds is 5. The Balaban J connectivity index is 2.97. The lowest BCUT2D eigenvalue weighted by Gasteiger charge is -2.30. The van der Waals surface area contributed by atoms with Crippen molar-refractivity contribution in [2.24, 2.45) is 0 Å². The number of carbonyl (C=O) groups excluding carboxylic acids is 1. The van der Waals surface area contributed by atoms with Crippen molar-refractivity contribution >= 4 is 17.5 Å². The Labute approximate surface area is 113 Å². The average molecular weight is 270 g/mol. The Morgan fingerprint density at radius 3 is 2.50 bits per heavy atom. The monoisotopic (exact) mass is 269 g/mol. The van der Waals surface area contributed by atoms with E-state index in [-0.39, 0.29) is 11.7 Å². The molecule has 1 aromatic rings. The van der Waals surface area contributed by atoms with Crippen molar-refractivity contribution in [1.29, 1.82) is 0 Å².